The molecule has 1 aliphatic heterocycles. The van der Waals surface area contributed by atoms with Crippen LogP contribution in [0.4, 0.5) is 10.5 Å². The molecule has 1 aromatic carbocycles. The molecule has 2 fully saturated rings. The lowest BCUT2D eigenvalue weighted by molar-refractivity contribution is -0.122. The number of rotatable bonds is 4. The second kappa shape index (κ2) is 6.30. The first-order valence-corrected chi connectivity index (χ1v) is 8.94. The van der Waals surface area contributed by atoms with Crippen molar-refractivity contribution in [2.75, 3.05) is 4.90 Å². The van der Waals surface area contributed by atoms with Crippen LogP contribution < -0.4 is 21.3 Å². The Kier molecular flexibility index (Phi) is 4.42. The van der Waals surface area contributed by atoms with Gasteiger partial charge in [0.1, 0.15) is 5.54 Å². The highest BCUT2D eigenvalue weighted by atomic mass is 16.2. The van der Waals surface area contributed by atoms with Crippen LogP contribution in [-0.2, 0) is 11.3 Å². The van der Waals surface area contributed by atoms with Gasteiger partial charge in [-0.25, -0.2) is 14.7 Å². The molecule has 1 atom stereocenters. The summed E-state index contributed by atoms with van der Waals surface area (Å²) >= 11 is 0. The first-order valence-electron chi connectivity index (χ1n) is 8.94. The summed E-state index contributed by atoms with van der Waals surface area (Å²) in [5.74, 6) is 0.459. The van der Waals surface area contributed by atoms with Crippen LogP contribution in [0.15, 0.2) is 29.3 Å². The number of urea groups is 1. The number of amides is 3. The summed E-state index contributed by atoms with van der Waals surface area (Å²) in [5.41, 5.74) is 6.48. The molecular weight excluding hydrogens is 330 g/mol. The molecule has 0 spiro atoms. The van der Waals surface area contributed by atoms with E-state index in [0.29, 0.717) is 18.2 Å². The number of carbonyl (C=O) groups is 2. The highest BCUT2D eigenvalue weighted by Crippen LogP contribution is 2.43. The molecular formula is C19H27N5O2. The molecule has 1 saturated heterocycles. The second-order valence-electron chi connectivity index (χ2n) is 8.29. The first kappa shape index (κ1) is 18.2. The van der Waals surface area contributed by atoms with Crippen molar-refractivity contribution >= 4 is 23.6 Å². The lowest BCUT2D eigenvalue weighted by Gasteiger charge is -2.21. The Morgan fingerprint density at radius 1 is 1.31 bits per heavy atom. The Bertz CT molecular complexity index is 746. The predicted molar refractivity (Wildman–Crippen MR) is 102 cm³/mol. The van der Waals surface area contributed by atoms with Crippen LogP contribution >= 0.6 is 0 Å². The number of anilines is 1. The molecule has 7 heteroatoms. The van der Waals surface area contributed by atoms with Crippen molar-refractivity contribution in [2.45, 2.75) is 58.2 Å². The number of carbonyl (C=O) groups excluding carboxylic acids is 2. The molecule has 0 bridgehead atoms. The molecule has 1 heterocycles. The first-order chi connectivity index (χ1) is 12.1. The van der Waals surface area contributed by atoms with Crippen molar-refractivity contribution in [2.24, 2.45) is 16.6 Å². The number of hydrogen-bond acceptors (Lipinski definition) is 3. The summed E-state index contributed by atoms with van der Waals surface area (Å²) in [4.78, 5) is 30.6. The van der Waals surface area contributed by atoms with E-state index in [0.717, 1.165) is 18.4 Å². The van der Waals surface area contributed by atoms with E-state index in [1.165, 1.54) is 4.90 Å². The number of benzene rings is 1. The van der Waals surface area contributed by atoms with Crippen molar-refractivity contribution in [3.63, 3.8) is 0 Å². The van der Waals surface area contributed by atoms with Crippen LogP contribution in [0, 0.1) is 5.92 Å². The molecule has 26 heavy (non-hydrogen) atoms. The average Bonchev–Trinajstić information content (AvgIpc) is 3.34. The van der Waals surface area contributed by atoms with Gasteiger partial charge in [0.15, 0.2) is 5.96 Å². The molecule has 0 aromatic heterocycles. The van der Waals surface area contributed by atoms with Gasteiger partial charge in [-0.15, -0.1) is 0 Å². The number of guanidine groups is 1. The summed E-state index contributed by atoms with van der Waals surface area (Å²) in [6.45, 7) is 8.28. The molecule has 3 amide bonds. The minimum atomic E-state index is -0.771. The van der Waals surface area contributed by atoms with Crippen molar-refractivity contribution < 1.29 is 9.59 Å². The molecule has 1 saturated carbocycles. The summed E-state index contributed by atoms with van der Waals surface area (Å²) in [5, 5.41) is 5.96. The van der Waals surface area contributed by atoms with Gasteiger partial charge in [0.2, 0.25) is 0 Å². The smallest absolute Gasteiger partial charge is 0.329 e. The molecule has 3 rings (SSSR count). The number of nitrogens with two attached hydrogens (primary N) is 1. The normalized spacial score (nSPS) is 24.0. The van der Waals surface area contributed by atoms with E-state index in [2.05, 4.69) is 15.6 Å². The van der Waals surface area contributed by atoms with Gasteiger partial charge in [-0.3, -0.25) is 4.79 Å². The maximum atomic E-state index is 12.7. The quantitative estimate of drug-likeness (QED) is 0.436. The van der Waals surface area contributed by atoms with Gasteiger partial charge in [-0.2, -0.15) is 0 Å². The van der Waals surface area contributed by atoms with Crippen molar-refractivity contribution in [1.82, 2.24) is 10.6 Å². The van der Waals surface area contributed by atoms with E-state index in [-0.39, 0.29) is 23.4 Å². The fraction of sp³-hybridized carbons (Fsp3) is 0.526. The van der Waals surface area contributed by atoms with Crippen LogP contribution in [0.3, 0.4) is 0 Å². The lowest BCUT2D eigenvalue weighted by Crippen LogP contribution is -2.46. The van der Waals surface area contributed by atoms with Crippen LogP contribution in [0.2, 0.25) is 0 Å². The summed E-state index contributed by atoms with van der Waals surface area (Å²) in [6, 6.07) is 6.91. The predicted octanol–water partition coefficient (Wildman–Crippen LogP) is 2.11. The third-order valence-electron chi connectivity index (χ3n) is 4.74. The highest BCUT2D eigenvalue weighted by Gasteiger charge is 2.56. The number of hydrogen-bond donors (Lipinski definition) is 3. The Balaban J connectivity index is 1.69. The highest BCUT2D eigenvalue weighted by molar-refractivity contribution is 6.23. The third kappa shape index (κ3) is 3.66. The zero-order valence-electron chi connectivity index (χ0n) is 15.8. The van der Waals surface area contributed by atoms with Crippen LogP contribution in [0.1, 0.15) is 46.1 Å². The van der Waals surface area contributed by atoms with Crippen LogP contribution in [-0.4, -0.2) is 29.0 Å². The fourth-order valence-corrected chi connectivity index (χ4v) is 3.18. The average molecular weight is 357 g/mol. The van der Waals surface area contributed by atoms with Gasteiger partial charge < -0.3 is 16.4 Å². The standard InChI is InChI=1S/C19H27N5O2/c1-18(2,3)22-16(20)21-11-12-5-9-14(10-6-12)24-15(25)19(4,13-7-8-13)23-17(24)26/h5-6,9-10,13H,7-8,11H2,1-4H3,(H,23,26)(H3,20,21,22). The van der Waals surface area contributed by atoms with Gasteiger partial charge in [0, 0.05) is 5.54 Å². The Morgan fingerprint density at radius 3 is 2.46 bits per heavy atom. The lowest BCUT2D eigenvalue weighted by atomic mass is 9.96. The second-order valence-corrected chi connectivity index (χ2v) is 8.29. The molecule has 0 radical (unpaired) electrons. The van der Waals surface area contributed by atoms with Gasteiger partial charge in [-0.05, 0) is 64.2 Å². The summed E-state index contributed by atoms with van der Waals surface area (Å²) < 4.78 is 0. The number of imide groups is 1. The maximum Gasteiger partial charge on any atom is 0.329 e. The summed E-state index contributed by atoms with van der Waals surface area (Å²) in [6.07, 6.45) is 1.97. The molecule has 1 aliphatic carbocycles. The Morgan fingerprint density at radius 2 is 1.92 bits per heavy atom. The van der Waals surface area contributed by atoms with E-state index < -0.39 is 5.54 Å². The van der Waals surface area contributed by atoms with Gasteiger partial charge in [0.05, 0.1) is 12.2 Å². The van der Waals surface area contributed by atoms with Crippen molar-refractivity contribution in [3.05, 3.63) is 29.8 Å². The minimum Gasteiger partial charge on any atom is -0.370 e. The largest absolute Gasteiger partial charge is 0.370 e. The van der Waals surface area contributed by atoms with E-state index >= 15 is 0 Å². The van der Waals surface area contributed by atoms with Crippen LogP contribution in [0.25, 0.3) is 0 Å². The molecule has 1 unspecified atom stereocenters. The number of nitrogens with one attached hydrogen (secondary N) is 2. The Hall–Kier alpha value is -2.57. The fourth-order valence-electron chi connectivity index (χ4n) is 3.18. The van der Waals surface area contributed by atoms with Gasteiger partial charge in [0.25, 0.3) is 5.91 Å². The van der Waals surface area contributed by atoms with Crippen molar-refractivity contribution in [3.8, 4) is 0 Å². The van der Waals surface area contributed by atoms with E-state index in [9.17, 15) is 9.59 Å². The minimum absolute atomic E-state index is 0.144. The summed E-state index contributed by atoms with van der Waals surface area (Å²) in [7, 11) is 0. The van der Waals surface area contributed by atoms with Crippen LogP contribution in [0.5, 0.6) is 0 Å². The molecule has 2 aliphatic rings. The zero-order chi connectivity index (χ0) is 19.1. The van der Waals surface area contributed by atoms with E-state index in [1.807, 2.05) is 39.8 Å². The zero-order valence-corrected chi connectivity index (χ0v) is 15.8. The molecule has 4 N–H and O–H groups in total. The van der Waals surface area contributed by atoms with Crippen molar-refractivity contribution in [1.29, 1.82) is 0 Å². The number of nitrogens with zero attached hydrogens (tertiary/aromatic N) is 2. The molecule has 140 valence electrons. The maximum absolute atomic E-state index is 12.7. The SMILES string of the molecule is CC(C)(C)NC(N)=NCc1ccc(N2C(=O)NC(C)(C3CC3)C2=O)cc1. The molecule has 7 nitrogen and oxygen atoms in total. The third-order valence-corrected chi connectivity index (χ3v) is 4.74. The molecule has 1 aromatic rings. The van der Waals surface area contributed by atoms with Gasteiger partial charge in [-0.1, -0.05) is 12.1 Å². The van der Waals surface area contributed by atoms with E-state index in [1.54, 1.807) is 12.1 Å². The monoisotopic (exact) mass is 357 g/mol. The number of aliphatic imine (C=N–C) groups is 1. The Labute approximate surface area is 154 Å². The topological polar surface area (TPSA) is 99.8 Å². The van der Waals surface area contributed by atoms with E-state index in [4.69, 9.17) is 5.73 Å². The van der Waals surface area contributed by atoms with Gasteiger partial charge >= 0.3 is 6.03 Å².